The van der Waals surface area contributed by atoms with Crippen molar-refractivity contribution >= 4 is 44.2 Å². The smallest absolute Gasteiger partial charge is 0.416 e. The van der Waals surface area contributed by atoms with E-state index in [1.807, 2.05) is 0 Å². The summed E-state index contributed by atoms with van der Waals surface area (Å²) in [6.07, 6.45) is -1.54. The number of fused-ring (bicyclic) bond motifs is 1. The number of benzene rings is 2. The molecule has 1 saturated carbocycles. The van der Waals surface area contributed by atoms with Crippen molar-refractivity contribution in [3.05, 3.63) is 52.0 Å². The van der Waals surface area contributed by atoms with Crippen LogP contribution < -0.4 is 5.32 Å². The van der Waals surface area contributed by atoms with Gasteiger partial charge in [0.2, 0.25) is 0 Å². The summed E-state index contributed by atoms with van der Waals surface area (Å²) < 4.78 is 38.8. The number of nitrogens with zero attached hydrogens (tertiary/aromatic N) is 1. The van der Waals surface area contributed by atoms with Gasteiger partial charge in [0.25, 0.3) is 5.91 Å². The van der Waals surface area contributed by atoms with Crippen molar-refractivity contribution in [3.63, 3.8) is 0 Å². The summed E-state index contributed by atoms with van der Waals surface area (Å²) in [7, 11) is 0. The highest BCUT2D eigenvalue weighted by atomic mass is 35.5. The van der Waals surface area contributed by atoms with Gasteiger partial charge in [0.1, 0.15) is 5.75 Å². The van der Waals surface area contributed by atoms with Crippen LogP contribution in [0.3, 0.4) is 0 Å². The van der Waals surface area contributed by atoms with Gasteiger partial charge in [0, 0.05) is 5.02 Å². The number of anilines is 1. The highest BCUT2D eigenvalue weighted by Crippen LogP contribution is 2.43. The number of amides is 1. The van der Waals surface area contributed by atoms with Crippen molar-refractivity contribution in [2.45, 2.75) is 31.4 Å². The third-order valence-electron chi connectivity index (χ3n) is 4.83. The van der Waals surface area contributed by atoms with E-state index in [9.17, 15) is 23.1 Å². The van der Waals surface area contributed by atoms with Crippen LogP contribution in [0.25, 0.3) is 10.2 Å². The van der Waals surface area contributed by atoms with E-state index in [4.69, 9.17) is 11.6 Å². The highest BCUT2D eigenvalue weighted by Gasteiger charge is 2.31. The summed E-state index contributed by atoms with van der Waals surface area (Å²) >= 11 is 7.04. The maximum atomic E-state index is 12.8. The Morgan fingerprint density at radius 1 is 1.25 bits per heavy atom. The summed E-state index contributed by atoms with van der Waals surface area (Å²) in [6, 6.07) is 6.22. The lowest BCUT2D eigenvalue weighted by Gasteiger charge is -2.27. The number of aromatic hydroxyl groups is 1. The van der Waals surface area contributed by atoms with Gasteiger partial charge in [-0.15, -0.1) is 0 Å². The SMILES string of the molecule is O=C(Nc1nc2ccc(C(F)(F)F)cc2s1)c1cc(Cl)cc(C2CCC2)c1O. The second kappa shape index (κ2) is 6.93. The number of thiazole rings is 1. The average molecular weight is 427 g/mol. The second-order valence-corrected chi connectivity index (χ2v) is 8.14. The van der Waals surface area contributed by atoms with Gasteiger partial charge >= 0.3 is 6.18 Å². The van der Waals surface area contributed by atoms with E-state index in [2.05, 4.69) is 10.3 Å². The number of aromatic nitrogens is 1. The normalized spacial score (nSPS) is 14.9. The summed E-state index contributed by atoms with van der Waals surface area (Å²) in [5, 5.41) is 13.5. The minimum atomic E-state index is -4.45. The molecule has 3 aromatic rings. The first kappa shape index (κ1) is 19.0. The Hall–Kier alpha value is -2.32. The molecule has 9 heteroatoms. The molecule has 2 aromatic carbocycles. The predicted molar refractivity (Wildman–Crippen MR) is 102 cm³/mol. The molecule has 1 aliphatic carbocycles. The predicted octanol–water partition coefficient (Wildman–Crippen LogP) is 6.19. The minimum Gasteiger partial charge on any atom is -0.507 e. The Labute approximate surface area is 167 Å². The molecule has 0 bridgehead atoms. The molecule has 1 heterocycles. The number of hydrogen-bond acceptors (Lipinski definition) is 4. The molecule has 146 valence electrons. The van der Waals surface area contributed by atoms with Crippen molar-refractivity contribution in [2.75, 3.05) is 5.32 Å². The highest BCUT2D eigenvalue weighted by molar-refractivity contribution is 7.22. The average Bonchev–Trinajstić information content (AvgIpc) is 2.96. The summed E-state index contributed by atoms with van der Waals surface area (Å²) in [6.45, 7) is 0. The lowest BCUT2D eigenvalue weighted by Crippen LogP contribution is -2.15. The number of alkyl halides is 3. The van der Waals surface area contributed by atoms with Gasteiger partial charge in [-0.2, -0.15) is 13.2 Å². The minimum absolute atomic E-state index is 0.0182. The lowest BCUT2D eigenvalue weighted by atomic mass is 9.79. The van der Waals surface area contributed by atoms with Crippen LogP contribution in [0.4, 0.5) is 18.3 Å². The molecule has 28 heavy (non-hydrogen) atoms. The molecular weight excluding hydrogens is 413 g/mol. The van der Waals surface area contributed by atoms with Gasteiger partial charge in [0.15, 0.2) is 5.13 Å². The number of rotatable bonds is 3. The Morgan fingerprint density at radius 2 is 2.00 bits per heavy atom. The molecule has 1 amide bonds. The molecule has 0 radical (unpaired) electrons. The number of carbonyl (C=O) groups is 1. The van der Waals surface area contributed by atoms with E-state index in [-0.39, 0.29) is 22.4 Å². The Bertz CT molecular complexity index is 1080. The topological polar surface area (TPSA) is 62.2 Å². The summed E-state index contributed by atoms with van der Waals surface area (Å²) in [5.74, 6) is -0.559. The summed E-state index contributed by atoms with van der Waals surface area (Å²) in [5.41, 5.74) is 0.227. The van der Waals surface area contributed by atoms with Crippen LogP contribution in [0.5, 0.6) is 5.75 Å². The number of hydrogen-bond donors (Lipinski definition) is 2. The fourth-order valence-corrected chi connectivity index (χ4v) is 4.27. The van der Waals surface area contributed by atoms with Crippen molar-refractivity contribution < 1.29 is 23.1 Å². The Morgan fingerprint density at radius 3 is 2.64 bits per heavy atom. The molecule has 0 unspecified atom stereocenters. The third kappa shape index (κ3) is 3.54. The first-order chi connectivity index (χ1) is 13.2. The van der Waals surface area contributed by atoms with Crippen LogP contribution in [0.1, 0.15) is 46.7 Å². The first-order valence-electron chi connectivity index (χ1n) is 8.54. The fourth-order valence-electron chi connectivity index (χ4n) is 3.14. The molecule has 4 rings (SSSR count). The third-order valence-corrected chi connectivity index (χ3v) is 5.98. The van der Waals surface area contributed by atoms with Crippen LogP contribution in [-0.4, -0.2) is 16.0 Å². The van der Waals surface area contributed by atoms with E-state index in [1.54, 1.807) is 6.07 Å². The zero-order valence-electron chi connectivity index (χ0n) is 14.3. The van der Waals surface area contributed by atoms with Gasteiger partial charge in [0.05, 0.1) is 21.3 Å². The fraction of sp³-hybridized carbons (Fsp3) is 0.263. The number of nitrogens with one attached hydrogen (secondary N) is 1. The molecular formula is C19H14ClF3N2O2S. The molecule has 2 N–H and O–H groups in total. The molecule has 1 aliphatic rings. The monoisotopic (exact) mass is 426 g/mol. The molecule has 1 fully saturated rings. The Kier molecular flexibility index (Phi) is 4.71. The van der Waals surface area contributed by atoms with E-state index >= 15 is 0 Å². The zero-order valence-corrected chi connectivity index (χ0v) is 15.9. The van der Waals surface area contributed by atoms with E-state index in [0.717, 1.165) is 42.7 Å². The van der Waals surface area contributed by atoms with Crippen LogP contribution in [-0.2, 0) is 6.18 Å². The molecule has 0 saturated heterocycles. The van der Waals surface area contributed by atoms with Crippen molar-refractivity contribution in [3.8, 4) is 5.75 Å². The van der Waals surface area contributed by atoms with Gasteiger partial charge in [-0.3, -0.25) is 10.1 Å². The Balaban J connectivity index is 1.62. The number of phenolic OH excluding ortho intramolecular Hbond substituents is 1. The lowest BCUT2D eigenvalue weighted by molar-refractivity contribution is -0.137. The zero-order chi connectivity index (χ0) is 20.1. The number of phenols is 1. The largest absolute Gasteiger partial charge is 0.507 e. The summed E-state index contributed by atoms with van der Waals surface area (Å²) in [4.78, 5) is 16.8. The van der Waals surface area contributed by atoms with E-state index in [1.165, 1.54) is 12.1 Å². The molecule has 0 aliphatic heterocycles. The van der Waals surface area contributed by atoms with Gasteiger partial charge < -0.3 is 5.11 Å². The van der Waals surface area contributed by atoms with Crippen LogP contribution >= 0.6 is 22.9 Å². The van der Waals surface area contributed by atoms with Crippen LogP contribution in [0.15, 0.2) is 30.3 Å². The number of carbonyl (C=O) groups excluding carboxylic acids is 1. The second-order valence-electron chi connectivity index (χ2n) is 6.67. The van der Waals surface area contributed by atoms with Crippen molar-refractivity contribution in [1.82, 2.24) is 4.98 Å². The van der Waals surface area contributed by atoms with Crippen LogP contribution in [0, 0.1) is 0 Å². The van der Waals surface area contributed by atoms with E-state index in [0.29, 0.717) is 20.8 Å². The molecule has 0 atom stereocenters. The van der Waals surface area contributed by atoms with Gasteiger partial charge in [-0.25, -0.2) is 4.98 Å². The molecule has 4 nitrogen and oxygen atoms in total. The molecule has 0 spiro atoms. The van der Waals surface area contributed by atoms with Crippen molar-refractivity contribution in [2.24, 2.45) is 0 Å². The van der Waals surface area contributed by atoms with E-state index < -0.39 is 17.6 Å². The standard InChI is InChI=1S/C19H14ClF3N2O2S/c20-11-7-12(9-2-1-3-9)16(26)13(8-11)17(27)25-18-24-14-5-4-10(19(21,22)23)6-15(14)28-18/h4-9,26H,1-3H2,(H,24,25,27). The van der Waals surface area contributed by atoms with Crippen LogP contribution in [0.2, 0.25) is 5.02 Å². The maximum Gasteiger partial charge on any atom is 0.416 e. The molecule has 1 aromatic heterocycles. The maximum absolute atomic E-state index is 12.8. The van der Waals surface area contributed by atoms with Gasteiger partial charge in [-0.05, 0) is 54.7 Å². The number of halogens is 4. The van der Waals surface area contributed by atoms with Crippen molar-refractivity contribution in [1.29, 1.82) is 0 Å². The van der Waals surface area contributed by atoms with Gasteiger partial charge in [-0.1, -0.05) is 29.4 Å². The first-order valence-corrected chi connectivity index (χ1v) is 9.73. The quantitative estimate of drug-likeness (QED) is 0.524.